The van der Waals surface area contributed by atoms with E-state index < -0.39 is 0 Å². The van der Waals surface area contributed by atoms with Gasteiger partial charge in [0.15, 0.2) is 0 Å². The quantitative estimate of drug-likeness (QED) is 0.758. The van der Waals surface area contributed by atoms with E-state index in [9.17, 15) is 0 Å². The molecule has 0 aliphatic rings. The van der Waals surface area contributed by atoms with Crippen LogP contribution in [-0.4, -0.2) is 9.38 Å². The molecule has 2 aromatic heterocycles. The zero-order valence-electron chi connectivity index (χ0n) is 11.2. The summed E-state index contributed by atoms with van der Waals surface area (Å²) in [5, 5.41) is 0. The monoisotopic (exact) mass is 251 g/mol. The number of hydrogen-bond acceptors (Lipinski definition) is 2. The molecule has 0 saturated heterocycles. The second kappa shape index (κ2) is 4.43. The second-order valence-corrected chi connectivity index (χ2v) is 4.78. The first-order valence-corrected chi connectivity index (χ1v) is 6.52. The van der Waals surface area contributed by atoms with Gasteiger partial charge in [-0.05, 0) is 31.0 Å². The van der Waals surface area contributed by atoms with Gasteiger partial charge in [-0.2, -0.15) is 0 Å². The molecule has 3 heteroatoms. The fraction of sp³-hybridized carbons (Fsp3) is 0.188. The Morgan fingerprint density at radius 3 is 2.53 bits per heavy atom. The van der Waals surface area contributed by atoms with Gasteiger partial charge in [0.25, 0.3) is 0 Å². The third-order valence-electron chi connectivity index (χ3n) is 3.47. The van der Waals surface area contributed by atoms with Crippen LogP contribution in [0.1, 0.15) is 18.3 Å². The molecule has 0 radical (unpaired) electrons. The van der Waals surface area contributed by atoms with Crippen molar-refractivity contribution in [1.29, 1.82) is 0 Å². The molecule has 0 aliphatic carbocycles. The van der Waals surface area contributed by atoms with Crippen LogP contribution in [0.5, 0.6) is 0 Å². The first-order chi connectivity index (χ1) is 9.19. The predicted molar refractivity (Wildman–Crippen MR) is 79.2 cm³/mol. The number of benzene rings is 1. The van der Waals surface area contributed by atoms with Crippen molar-refractivity contribution in [3.63, 3.8) is 0 Å². The van der Waals surface area contributed by atoms with E-state index in [1.807, 2.05) is 29.7 Å². The number of nitrogens with two attached hydrogens (primary N) is 1. The zero-order chi connectivity index (χ0) is 13.4. The molecule has 0 unspecified atom stereocenters. The first-order valence-electron chi connectivity index (χ1n) is 6.52. The first kappa shape index (κ1) is 11.8. The molecule has 19 heavy (non-hydrogen) atoms. The lowest BCUT2D eigenvalue weighted by Gasteiger charge is -2.02. The largest absolute Gasteiger partial charge is 0.398 e. The number of nitrogens with zero attached hydrogens (tertiary/aromatic N) is 2. The van der Waals surface area contributed by atoms with Gasteiger partial charge in [-0.25, -0.2) is 4.98 Å². The highest BCUT2D eigenvalue weighted by molar-refractivity contribution is 5.78. The molecule has 0 saturated carbocycles. The number of aromatic nitrogens is 2. The fourth-order valence-corrected chi connectivity index (χ4v) is 2.36. The van der Waals surface area contributed by atoms with Crippen LogP contribution in [0.15, 0.2) is 42.6 Å². The van der Waals surface area contributed by atoms with Crippen molar-refractivity contribution in [2.75, 3.05) is 5.73 Å². The topological polar surface area (TPSA) is 43.3 Å². The molecule has 1 aromatic carbocycles. The minimum absolute atomic E-state index is 0.751. The lowest BCUT2D eigenvalue weighted by molar-refractivity contribution is 1.05. The van der Waals surface area contributed by atoms with Crippen LogP contribution < -0.4 is 5.73 Å². The minimum atomic E-state index is 0.751. The van der Waals surface area contributed by atoms with Crippen molar-refractivity contribution < 1.29 is 0 Å². The highest BCUT2D eigenvalue weighted by Crippen LogP contribution is 2.26. The summed E-state index contributed by atoms with van der Waals surface area (Å²) in [7, 11) is 0. The summed E-state index contributed by atoms with van der Waals surface area (Å²) in [5.74, 6) is 0.955. The van der Waals surface area contributed by atoms with E-state index in [4.69, 9.17) is 5.73 Å². The Balaban J connectivity index is 2.19. The van der Waals surface area contributed by atoms with E-state index in [1.165, 1.54) is 5.56 Å². The Bertz CT molecular complexity index is 724. The average Bonchev–Trinajstić information content (AvgIpc) is 2.76. The highest BCUT2D eigenvalue weighted by atomic mass is 15.0. The molecule has 0 atom stereocenters. The number of nitrogen functional groups attached to an aromatic ring is 1. The molecule has 0 fully saturated rings. The Labute approximate surface area is 112 Å². The molecule has 2 N–H and O–H groups in total. The predicted octanol–water partition coefficient (Wildman–Crippen LogP) is 3.45. The van der Waals surface area contributed by atoms with Gasteiger partial charge in [0.05, 0.1) is 11.2 Å². The lowest BCUT2D eigenvalue weighted by atomic mass is 10.1. The van der Waals surface area contributed by atoms with Gasteiger partial charge < -0.3 is 10.1 Å². The number of fused-ring (bicyclic) bond motifs is 1. The van der Waals surface area contributed by atoms with E-state index in [-0.39, 0.29) is 0 Å². The van der Waals surface area contributed by atoms with Gasteiger partial charge in [0.1, 0.15) is 5.82 Å². The van der Waals surface area contributed by atoms with Gasteiger partial charge in [0, 0.05) is 17.4 Å². The molecule has 0 spiro atoms. The lowest BCUT2D eigenvalue weighted by Crippen LogP contribution is -1.91. The van der Waals surface area contributed by atoms with Crippen molar-refractivity contribution in [2.45, 2.75) is 20.3 Å². The highest BCUT2D eigenvalue weighted by Gasteiger charge is 2.10. The minimum Gasteiger partial charge on any atom is -0.398 e. The Morgan fingerprint density at radius 2 is 1.84 bits per heavy atom. The normalized spacial score (nSPS) is 11.1. The molecule has 96 valence electrons. The van der Waals surface area contributed by atoms with Crippen molar-refractivity contribution in [3.8, 4) is 11.3 Å². The number of aryl methyl sites for hydroxylation is 2. The van der Waals surface area contributed by atoms with Crippen LogP contribution in [0.2, 0.25) is 0 Å². The number of imidazole rings is 1. The van der Waals surface area contributed by atoms with E-state index in [2.05, 4.69) is 36.2 Å². The summed E-state index contributed by atoms with van der Waals surface area (Å²) < 4.78 is 2.04. The number of anilines is 1. The summed E-state index contributed by atoms with van der Waals surface area (Å²) in [6.07, 6.45) is 2.97. The summed E-state index contributed by atoms with van der Waals surface area (Å²) in [6.45, 7) is 4.16. The SMILES string of the molecule is CCc1ccc(-c2nc(C)n3cc(N)ccc23)cc1. The Morgan fingerprint density at radius 1 is 1.11 bits per heavy atom. The second-order valence-electron chi connectivity index (χ2n) is 4.78. The maximum atomic E-state index is 5.83. The standard InChI is InChI=1S/C16H17N3/c1-3-12-4-6-13(7-5-12)16-15-9-8-14(17)10-19(15)11(2)18-16/h4-10H,3,17H2,1-2H3. The maximum Gasteiger partial charge on any atom is 0.110 e. The van der Waals surface area contributed by atoms with E-state index in [0.29, 0.717) is 0 Å². The van der Waals surface area contributed by atoms with Crippen LogP contribution in [0.3, 0.4) is 0 Å². The van der Waals surface area contributed by atoms with Crippen molar-refractivity contribution >= 4 is 11.2 Å². The Kier molecular flexibility index (Phi) is 2.75. The smallest absolute Gasteiger partial charge is 0.110 e. The molecule has 3 rings (SSSR count). The molecule has 3 nitrogen and oxygen atoms in total. The molecular weight excluding hydrogens is 234 g/mol. The van der Waals surface area contributed by atoms with Gasteiger partial charge in [0.2, 0.25) is 0 Å². The maximum absolute atomic E-state index is 5.83. The van der Waals surface area contributed by atoms with Crippen molar-refractivity contribution in [1.82, 2.24) is 9.38 Å². The molecule has 0 amide bonds. The summed E-state index contributed by atoms with van der Waals surface area (Å²) in [5.41, 5.74) is 11.2. The third-order valence-corrected chi connectivity index (χ3v) is 3.47. The van der Waals surface area contributed by atoms with E-state index in [0.717, 1.165) is 34.7 Å². The number of hydrogen-bond donors (Lipinski definition) is 1. The van der Waals surface area contributed by atoms with Crippen LogP contribution >= 0.6 is 0 Å². The van der Waals surface area contributed by atoms with Gasteiger partial charge in [-0.3, -0.25) is 0 Å². The van der Waals surface area contributed by atoms with E-state index in [1.54, 1.807) is 0 Å². The van der Waals surface area contributed by atoms with Crippen LogP contribution in [-0.2, 0) is 6.42 Å². The average molecular weight is 251 g/mol. The molecule has 3 aromatic rings. The number of rotatable bonds is 2. The van der Waals surface area contributed by atoms with Crippen LogP contribution in [0, 0.1) is 6.92 Å². The van der Waals surface area contributed by atoms with E-state index >= 15 is 0 Å². The van der Waals surface area contributed by atoms with Crippen LogP contribution in [0.4, 0.5) is 5.69 Å². The van der Waals surface area contributed by atoms with Gasteiger partial charge in [-0.1, -0.05) is 31.2 Å². The van der Waals surface area contributed by atoms with Gasteiger partial charge in [-0.15, -0.1) is 0 Å². The van der Waals surface area contributed by atoms with Crippen molar-refractivity contribution in [3.05, 3.63) is 54.0 Å². The summed E-state index contributed by atoms with van der Waals surface area (Å²) in [4.78, 5) is 4.66. The Hall–Kier alpha value is -2.29. The zero-order valence-corrected chi connectivity index (χ0v) is 11.2. The van der Waals surface area contributed by atoms with Crippen LogP contribution in [0.25, 0.3) is 16.8 Å². The fourth-order valence-electron chi connectivity index (χ4n) is 2.36. The van der Waals surface area contributed by atoms with Crippen molar-refractivity contribution in [2.24, 2.45) is 0 Å². The molecular formula is C16H17N3. The summed E-state index contributed by atoms with van der Waals surface area (Å²) in [6, 6.07) is 12.5. The third kappa shape index (κ3) is 1.97. The van der Waals surface area contributed by atoms with Gasteiger partial charge >= 0.3 is 0 Å². The number of pyridine rings is 1. The summed E-state index contributed by atoms with van der Waals surface area (Å²) >= 11 is 0. The molecule has 2 heterocycles. The molecule has 0 aliphatic heterocycles. The molecule has 0 bridgehead atoms.